The fourth-order valence-corrected chi connectivity index (χ4v) is 13.6. The predicted molar refractivity (Wildman–Crippen MR) is 380 cm³/mol. The molecule has 28 nitrogen and oxygen atoms in total. The van der Waals surface area contributed by atoms with Gasteiger partial charge in [-0.1, -0.05) is 206 Å². The van der Waals surface area contributed by atoms with Gasteiger partial charge in [-0.25, -0.2) is 19.2 Å². The summed E-state index contributed by atoms with van der Waals surface area (Å²) in [6.45, 7) is 7.02. The molecule has 6 aliphatic heterocycles. The van der Waals surface area contributed by atoms with Crippen LogP contribution in [0.1, 0.15) is 124 Å². The van der Waals surface area contributed by atoms with Crippen molar-refractivity contribution in [3.8, 4) is 0 Å². The molecule has 6 heterocycles. The van der Waals surface area contributed by atoms with E-state index >= 15 is 0 Å². The minimum Gasteiger partial charge on any atom is -0.460 e. The molecule has 106 heavy (non-hydrogen) atoms. The van der Waals surface area contributed by atoms with Gasteiger partial charge in [-0.3, -0.25) is 4.79 Å². The average molecular weight is 1600 g/mol. The van der Waals surface area contributed by atoms with Crippen molar-refractivity contribution in [1.29, 1.82) is 0 Å². The molecule has 4 aromatic rings. The molecule has 0 spiro atoms. The van der Waals surface area contributed by atoms with Gasteiger partial charge in [0.25, 0.3) is 0 Å². The number of Topliss-reactive ketones (excluding diaryl/α,β-unsaturated/α-hetero) is 1. The van der Waals surface area contributed by atoms with E-state index in [2.05, 4.69) is 20.7 Å². The zero-order valence-corrected chi connectivity index (χ0v) is 63.0. The van der Waals surface area contributed by atoms with E-state index in [-0.39, 0.29) is 69.0 Å². The molecule has 6 aliphatic rings. The Morgan fingerprint density at radius 1 is 0.557 bits per heavy atom. The molecule has 2 amide bonds. The summed E-state index contributed by atoms with van der Waals surface area (Å²) in [7, 11) is 0. The first-order valence-corrected chi connectivity index (χ1v) is 37.2. The van der Waals surface area contributed by atoms with Crippen LogP contribution in [0.25, 0.3) is 10.4 Å². The van der Waals surface area contributed by atoms with Crippen LogP contribution in [0.15, 0.2) is 126 Å². The predicted octanol–water partition coefficient (Wildman–Crippen LogP) is 12.5. The molecule has 14 unspecified atom stereocenters. The number of alkyl halides is 6. The van der Waals surface area contributed by atoms with Crippen molar-refractivity contribution in [2.45, 2.75) is 210 Å². The molecule has 10 rings (SSSR count). The van der Waals surface area contributed by atoms with Crippen molar-refractivity contribution in [3.05, 3.63) is 154 Å². The third-order valence-corrected chi connectivity index (χ3v) is 19.1. The largest absolute Gasteiger partial charge is 0.460 e. The number of halogens is 6. The summed E-state index contributed by atoms with van der Waals surface area (Å²) in [6.07, 6.45) is -22.9. The van der Waals surface area contributed by atoms with Gasteiger partial charge >= 0.3 is 30.1 Å². The monoisotopic (exact) mass is 1600 g/mol. The number of rotatable bonds is 31. The number of nitrogens with zero attached hydrogens (tertiary/aromatic N) is 3. The number of fused-ring (bicyclic) bond motifs is 2. The zero-order chi connectivity index (χ0) is 75.7. The van der Waals surface area contributed by atoms with Gasteiger partial charge in [0.2, 0.25) is 7.59 Å². The van der Waals surface area contributed by atoms with E-state index < -0.39 is 186 Å². The molecule has 6 saturated heterocycles. The van der Waals surface area contributed by atoms with Gasteiger partial charge in [-0.15, -0.1) is 0 Å². The van der Waals surface area contributed by atoms with E-state index in [1.165, 1.54) is 6.92 Å². The summed E-state index contributed by atoms with van der Waals surface area (Å²) in [5.41, 5.74) is 10.5. The zero-order valence-electron chi connectivity index (χ0n) is 58.4. The first-order valence-electron chi connectivity index (χ1n) is 34.9. The van der Waals surface area contributed by atoms with Crippen LogP contribution in [0.3, 0.4) is 0 Å². The number of azide groups is 1. The summed E-state index contributed by atoms with van der Waals surface area (Å²) in [4.78, 5) is 85.7. The topological polar surface area (TPSA) is 332 Å². The van der Waals surface area contributed by atoms with Crippen LogP contribution < -0.4 is 10.6 Å². The molecular formula is C72H85Cl6N5O23. The minimum atomic E-state index is -2.10. The summed E-state index contributed by atoms with van der Waals surface area (Å²) in [6, 6.07) is 31.5. The molecule has 22 atom stereocenters. The number of carbonyl (C=O) groups excluding carboxylic acids is 6. The third-order valence-electron chi connectivity index (χ3n) is 18.5. The number of alkyl carbamates (subject to hydrolysis) is 2. The minimum absolute atomic E-state index is 0.0613. The molecule has 6 fully saturated rings. The number of ether oxygens (including phenoxy) is 17. The Balaban J connectivity index is 1.03. The lowest BCUT2D eigenvalue weighted by molar-refractivity contribution is -0.371. The van der Waals surface area contributed by atoms with E-state index in [0.29, 0.717) is 30.4 Å². The number of esters is 3. The van der Waals surface area contributed by atoms with Crippen LogP contribution in [0.2, 0.25) is 0 Å². The highest BCUT2D eigenvalue weighted by molar-refractivity contribution is 6.68. The highest BCUT2D eigenvalue weighted by atomic mass is 35.6. The van der Waals surface area contributed by atoms with E-state index in [1.807, 2.05) is 12.1 Å². The molecule has 0 aliphatic carbocycles. The third kappa shape index (κ3) is 22.6. The van der Waals surface area contributed by atoms with Gasteiger partial charge in [0.05, 0.1) is 43.0 Å². The van der Waals surface area contributed by atoms with Crippen LogP contribution in [0.4, 0.5) is 9.59 Å². The second kappa shape index (κ2) is 39.1. The molecule has 2 N–H and O–H groups in total. The number of hydrogen-bond donors (Lipinski definition) is 2. The number of hydrogen-bond acceptors (Lipinski definition) is 24. The van der Waals surface area contributed by atoms with Crippen LogP contribution in [0, 0.1) is 11.8 Å². The fraction of sp³-hybridized carbons (Fsp3) is 0.583. The van der Waals surface area contributed by atoms with E-state index in [1.54, 1.807) is 137 Å². The molecular weight excluding hydrogens is 1520 g/mol. The Morgan fingerprint density at radius 2 is 1.00 bits per heavy atom. The maximum atomic E-state index is 14.6. The standard InChI is InChI=1S/C72H85Cl6N5O23/c1-6-46(95-50(85)32-31-39(3)84)53-40(4)55(99-61(86)42-23-13-8-14-24-42)67(101-53)106-60-52(82-70(89)94-38-72(76,77)78)66(98-49-36-92-64(104-58(49)60)45-29-19-11-20-30-45)96-47(7-2)54-41(5)56(100-62(87)43-25-15-9-16-26-43)68(102-54)105-59-51(81-69(88)93-37-71(73,74)75)65(90-34-22-12-21-33-80-83-79)97-48-35-91-63(103-57(48)59)44-27-17-10-18-28-44/h8-11,13-20,23-30,40-41,46-49,51-60,63-68H,6-7,12,21-22,31-38H2,1-5H3,(H,81,88)(H,82,89)/t40-,41-,46-,47-,48?,49?,51?,52?,53-,54-,55?,56?,57?,58?,59?,60?,63?,64?,65?,66?,67+,68+/m1/s1. The maximum absolute atomic E-state index is 14.6. The molecule has 4 aromatic carbocycles. The average Bonchev–Trinajstić information content (AvgIpc) is 1.03. The Kier molecular flexibility index (Phi) is 30.5. The molecule has 0 bridgehead atoms. The smallest absolute Gasteiger partial charge is 0.407 e. The highest BCUT2D eigenvalue weighted by Crippen LogP contribution is 2.45. The Morgan fingerprint density at radius 3 is 1.44 bits per heavy atom. The maximum Gasteiger partial charge on any atom is 0.407 e. The first-order chi connectivity index (χ1) is 50.9. The normalized spacial score (nSPS) is 30.6. The number of unbranched alkanes of at least 4 members (excludes halogenated alkanes) is 2. The SMILES string of the molecule is CC[C@@H](OC(=O)CCC(C)=O)[C@@H]1O[C@@H](OC2C(NC(=O)OCC(Cl)(Cl)Cl)C(O[C@H](CC)[C@@H]3O[C@@H](OC4C(NC(=O)OCC(Cl)(Cl)Cl)C(OCCCCCN=[N+]=[N-])OC5COC(c6ccccc6)OC54)C(OC(=O)c4ccccc4)[C@@H]3C)OC3COC(c4ccccc4)OC32)C(OC(=O)c2ccccc2)[C@@H]1C. The summed E-state index contributed by atoms with van der Waals surface area (Å²) >= 11 is 36.7. The van der Waals surface area contributed by atoms with Crippen molar-refractivity contribution in [2.75, 3.05) is 39.6 Å². The summed E-state index contributed by atoms with van der Waals surface area (Å²) < 4.78 is 108. The number of amides is 2. The van der Waals surface area contributed by atoms with Crippen molar-refractivity contribution >= 4 is 105 Å². The van der Waals surface area contributed by atoms with Crippen molar-refractivity contribution in [1.82, 2.24) is 10.6 Å². The number of carbonyl (C=O) groups is 6. The van der Waals surface area contributed by atoms with Crippen molar-refractivity contribution in [2.24, 2.45) is 17.0 Å². The Hall–Kier alpha value is -5.93. The van der Waals surface area contributed by atoms with Crippen molar-refractivity contribution in [3.63, 3.8) is 0 Å². The summed E-state index contributed by atoms with van der Waals surface area (Å²) in [5, 5.41) is 9.28. The fourth-order valence-electron chi connectivity index (χ4n) is 13.2. The van der Waals surface area contributed by atoms with Gasteiger partial charge in [-0.2, -0.15) is 0 Å². The van der Waals surface area contributed by atoms with Crippen LogP contribution >= 0.6 is 69.6 Å². The molecule has 0 saturated carbocycles. The lowest BCUT2D eigenvalue weighted by Gasteiger charge is -2.50. The Bertz CT molecular complexity index is 3560. The van der Waals surface area contributed by atoms with E-state index in [4.69, 9.17) is 156 Å². The van der Waals surface area contributed by atoms with Gasteiger partial charge in [-0.05, 0) is 62.4 Å². The van der Waals surface area contributed by atoms with Gasteiger partial charge in [0, 0.05) is 47.4 Å². The van der Waals surface area contributed by atoms with Gasteiger partial charge in [0.1, 0.15) is 79.9 Å². The second-order valence-electron chi connectivity index (χ2n) is 26.1. The molecule has 0 radical (unpaired) electrons. The quantitative estimate of drug-likeness (QED) is 0.00899. The van der Waals surface area contributed by atoms with E-state index in [9.17, 15) is 28.8 Å². The second-order valence-corrected chi connectivity index (χ2v) is 31.1. The molecule has 34 heteroatoms. The van der Waals surface area contributed by atoms with Crippen LogP contribution in [-0.4, -0.2) is 194 Å². The first kappa shape index (κ1) is 82.6. The van der Waals surface area contributed by atoms with E-state index in [0.717, 1.165) is 0 Å². The van der Waals surface area contributed by atoms with Gasteiger partial charge < -0.3 is 96.0 Å². The number of nitrogens with one attached hydrogen (secondary N) is 2. The lowest BCUT2D eigenvalue weighted by atomic mass is 9.93. The highest BCUT2D eigenvalue weighted by Gasteiger charge is 2.60. The lowest BCUT2D eigenvalue weighted by Crippen LogP contribution is -2.69. The number of benzene rings is 4. The Labute approximate surface area is 642 Å². The van der Waals surface area contributed by atoms with Gasteiger partial charge in [0.15, 0.2) is 49.9 Å². The van der Waals surface area contributed by atoms with Crippen molar-refractivity contribution < 1.29 is 109 Å². The van der Waals surface area contributed by atoms with Crippen LogP contribution in [0.5, 0.6) is 0 Å². The molecule has 0 aromatic heterocycles. The summed E-state index contributed by atoms with van der Waals surface area (Å²) in [5.74, 6) is -4.07. The van der Waals surface area contributed by atoms with Crippen LogP contribution in [-0.2, 0) is 90.1 Å². The number of ketones is 1. The molecule has 578 valence electrons.